The van der Waals surface area contributed by atoms with Gasteiger partial charge in [0.15, 0.2) is 5.03 Å². The fraction of sp³-hybridized carbons (Fsp3) is 0.667. The normalized spacial score (nSPS) is 23.6. The molecular weight excluding hydrogens is 282 g/mol. The molecule has 2 rings (SSSR count). The van der Waals surface area contributed by atoms with Crippen molar-refractivity contribution in [2.45, 2.75) is 50.2 Å². The van der Waals surface area contributed by atoms with Gasteiger partial charge in [-0.15, -0.1) is 0 Å². The van der Waals surface area contributed by atoms with E-state index in [0.717, 1.165) is 0 Å². The van der Waals surface area contributed by atoms with Crippen LogP contribution < -0.4 is 4.72 Å². The first kappa shape index (κ1) is 15.0. The first-order chi connectivity index (χ1) is 9.44. The zero-order valence-electron chi connectivity index (χ0n) is 11.3. The number of nitrogens with zero attached hydrogens (tertiary/aromatic N) is 2. The Morgan fingerprint density at radius 1 is 1.45 bits per heavy atom. The minimum absolute atomic E-state index is 0.153. The number of nitrogens with one attached hydrogen (secondary N) is 1. The minimum Gasteiger partial charge on any atom is -0.481 e. The molecule has 0 aromatic carbocycles. The van der Waals surface area contributed by atoms with E-state index in [1.54, 1.807) is 0 Å². The molecule has 0 aliphatic heterocycles. The van der Waals surface area contributed by atoms with Crippen molar-refractivity contribution >= 4 is 16.0 Å². The lowest BCUT2D eigenvalue weighted by molar-refractivity contribution is -0.142. The predicted molar refractivity (Wildman–Crippen MR) is 71.6 cm³/mol. The van der Waals surface area contributed by atoms with E-state index in [1.165, 1.54) is 16.9 Å². The Kier molecular flexibility index (Phi) is 4.44. The molecule has 0 atom stereocenters. The van der Waals surface area contributed by atoms with Crippen LogP contribution in [0, 0.1) is 5.92 Å². The maximum Gasteiger partial charge on any atom is 0.306 e. The van der Waals surface area contributed by atoms with Crippen molar-refractivity contribution in [1.82, 2.24) is 14.5 Å². The van der Waals surface area contributed by atoms with Gasteiger partial charge in [0, 0.05) is 12.6 Å². The van der Waals surface area contributed by atoms with Gasteiger partial charge in [-0.05, 0) is 38.7 Å². The van der Waals surface area contributed by atoms with Crippen LogP contribution in [0.15, 0.2) is 17.3 Å². The summed E-state index contributed by atoms with van der Waals surface area (Å²) in [5.74, 6) is -1.15. The molecule has 1 aliphatic carbocycles. The Morgan fingerprint density at radius 2 is 2.10 bits per heavy atom. The van der Waals surface area contributed by atoms with Crippen LogP contribution in [0.1, 0.15) is 32.6 Å². The SMILES string of the molecule is CCn1nccc1S(=O)(=O)NC1CCC(C(=O)O)CC1. The van der Waals surface area contributed by atoms with Crippen LogP contribution in [0.2, 0.25) is 0 Å². The number of carbonyl (C=O) groups is 1. The van der Waals surface area contributed by atoms with Gasteiger partial charge >= 0.3 is 5.97 Å². The van der Waals surface area contributed by atoms with Gasteiger partial charge < -0.3 is 5.11 Å². The number of carboxylic acids is 1. The average molecular weight is 301 g/mol. The zero-order chi connectivity index (χ0) is 14.8. The maximum absolute atomic E-state index is 12.3. The topological polar surface area (TPSA) is 101 Å². The highest BCUT2D eigenvalue weighted by Gasteiger charge is 2.29. The van der Waals surface area contributed by atoms with Crippen LogP contribution in [-0.4, -0.2) is 35.3 Å². The molecule has 0 unspecified atom stereocenters. The van der Waals surface area contributed by atoms with E-state index in [0.29, 0.717) is 32.2 Å². The summed E-state index contributed by atoms with van der Waals surface area (Å²) in [5, 5.41) is 13.0. The molecule has 1 aromatic rings. The molecule has 0 radical (unpaired) electrons. The average Bonchev–Trinajstić information content (AvgIpc) is 2.88. The molecule has 0 saturated heterocycles. The third kappa shape index (κ3) is 3.18. The number of sulfonamides is 1. The van der Waals surface area contributed by atoms with Crippen LogP contribution >= 0.6 is 0 Å². The Morgan fingerprint density at radius 3 is 2.65 bits per heavy atom. The fourth-order valence-electron chi connectivity index (χ4n) is 2.52. The van der Waals surface area contributed by atoms with Crippen LogP contribution in [0.5, 0.6) is 0 Å². The van der Waals surface area contributed by atoms with E-state index in [1.807, 2.05) is 6.92 Å². The van der Waals surface area contributed by atoms with Crippen molar-refractivity contribution in [3.8, 4) is 0 Å². The number of aryl methyl sites for hydroxylation is 1. The highest BCUT2D eigenvalue weighted by atomic mass is 32.2. The first-order valence-electron chi connectivity index (χ1n) is 6.71. The zero-order valence-corrected chi connectivity index (χ0v) is 12.1. The van der Waals surface area contributed by atoms with E-state index in [2.05, 4.69) is 9.82 Å². The largest absolute Gasteiger partial charge is 0.481 e. The lowest BCUT2D eigenvalue weighted by Crippen LogP contribution is -2.39. The van der Waals surface area contributed by atoms with Crippen molar-refractivity contribution in [3.05, 3.63) is 12.3 Å². The fourth-order valence-corrected chi connectivity index (χ4v) is 4.01. The number of aliphatic carboxylic acids is 1. The van der Waals surface area contributed by atoms with Crippen LogP contribution in [0.3, 0.4) is 0 Å². The quantitative estimate of drug-likeness (QED) is 0.838. The van der Waals surface area contributed by atoms with Gasteiger partial charge in [0.25, 0.3) is 10.0 Å². The Balaban J connectivity index is 2.02. The van der Waals surface area contributed by atoms with E-state index in [9.17, 15) is 13.2 Å². The second-order valence-electron chi connectivity index (χ2n) is 4.99. The van der Waals surface area contributed by atoms with E-state index < -0.39 is 16.0 Å². The number of rotatable bonds is 5. The summed E-state index contributed by atoms with van der Waals surface area (Å²) in [6.45, 7) is 2.30. The van der Waals surface area contributed by atoms with Gasteiger partial charge in [0.2, 0.25) is 0 Å². The van der Waals surface area contributed by atoms with Gasteiger partial charge in [0.1, 0.15) is 0 Å². The van der Waals surface area contributed by atoms with E-state index >= 15 is 0 Å². The lowest BCUT2D eigenvalue weighted by Gasteiger charge is -2.26. The smallest absolute Gasteiger partial charge is 0.306 e. The van der Waals surface area contributed by atoms with Crippen molar-refractivity contribution in [2.24, 2.45) is 5.92 Å². The highest BCUT2D eigenvalue weighted by molar-refractivity contribution is 7.89. The molecule has 20 heavy (non-hydrogen) atoms. The molecule has 112 valence electrons. The number of hydrogen-bond acceptors (Lipinski definition) is 4. The van der Waals surface area contributed by atoms with E-state index in [4.69, 9.17) is 5.11 Å². The Labute approximate surface area is 118 Å². The van der Waals surface area contributed by atoms with Crippen molar-refractivity contribution in [1.29, 1.82) is 0 Å². The van der Waals surface area contributed by atoms with Gasteiger partial charge in [-0.1, -0.05) is 0 Å². The number of hydrogen-bond donors (Lipinski definition) is 2. The third-order valence-corrected chi connectivity index (χ3v) is 5.19. The van der Waals surface area contributed by atoms with Gasteiger partial charge in [-0.2, -0.15) is 5.10 Å². The molecule has 2 N–H and O–H groups in total. The summed E-state index contributed by atoms with van der Waals surface area (Å²) in [5.41, 5.74) is 0. The predicted octanol–water partition coefficient (Wildman–Crippen LogP) is 0.825. The molecule has 0 bridgehead atoms. The summed E-state index contributed by atoms with van der Waals surface area (Å²) < 4.78 is 28.6. The molecule has 0 amide bonds. The summed E-state index contributed by atoms with van der Waals surface area (Å²) in [6, 6.07) is 1.27. The maximum atomic E-state index is 12.3. The van der Waals surface area contributed by atoms with E-state index in [-0.39, 0.29) is 17.0 Å². The molecule has 1 aliphatic rings. The number of carboxylic acid groups (broad SMARTS) is 1. The summed E-state index contributed by atoms with van der Waals surface area (Å²) in [7, 11) is -3.59. The van der Waals surface area contributed by atoms with Gasteiger partial charge in [0.05, 0.1) is 12.1 Å². The molecule has 8 heteroatoms. The van der Waals surface area contributed by atoms with Crippen LogP contribution in [-0.2, 0) is 21.4 Å². The second kappa shape index (κ2) is 5.92. The second-order valence-corrected chi connectivity index (χ2v) is 6.65. The standard InChI is InChI=1S/C12H19N3O4S/c1-2-15-11(7-8-13-15)20(18,19)14-10-5-3-9(4-6-10)12(16)17/h7-10,14H,2-6H2,1H3,(H,16,17). The Bertz CT molecular complexity index is 573. The minimum atomic E-state index is -3.59. The van der Waals surface area contributed by atoms with Crippen LogP contribution in [0.25, 0.3) is 0 Å². The summed E-state index contributed by atoms with van der Waals surface area (Å²) in [6.07, 6.45) is 3.58. The van der Waals surface area contributed by atoms with Gasteiger partial charge in [-0.3, -0.25) is 9.48 Å². The van der Waals surface area contributed by atoms with Crippen LogP contribution in [0.4, 0.5) is 0 Å². The Hall–Kier alpha value is -1.41. The number of aromatic nitrogens is 2. The first-order valence-corrected chi connectivity index (χ1v) is 8.19. The molecular formula is C12H19N3O4S. The lowest BCUT2D eigenvalue weighted by atomic mass is 9.87. The molecule has 1 saturated carbocycles. The molecule has 1 aromatic heterocycles. The highest BCUT2D eigenvalue weighted by Crippen LogP contribution is 2.25. The molecule has 7 nitrogen and oxygen atoms in total. The van der Waals surface area contributed by atoms with Crippen molar-refractivity contribution < 1.29 is 18.3 Å². The molecule has 1 fully saturated rings. The van der Waals surface area contributed by atoms with Gasteiger partial charge in [-0.25, -0.2) is 13.1 Å². The molecule has 0 spiro atoms. The molecule has 1 heterocycles. The van der Waals surface area contributed by atoms with Crippen molar-refractivity contribution in [2.75, 3.05) is 0 Å². The summed E-state index contributed by atoms with van der Waals surface area (Å²) >= 11 is 0. The third-order valence-electron chi connectivity index (χ3n) is 3.65. The monoisotopic (exact) mass is 301 g/mol. The van der Waals surface area contributed by atoms with Crippen molar-refractivity contribution in [3.63, 3.8) is 0 Å². The summed E-state index contributed by atoms with van der Waals surface area (Å²) in [4.78, 5) is 10.9.